The molecule has 1 aromatic rings. The minimum atomic E-state index is -1.37. The fourth-order valence-electron chi connectivity index (χ4n) is 0.659. The topological polar surface area (TPSA) is 17.1 Å². The van der Waals surface area contributed by atoms with Crippen LogP contribution in [0.4, 0.5) is 0 Å². The first kappa shape index (κ1) is 18.0. The molecule has 13 heavy (non-hydrogen) atoms. The summed E-state index contributed by atoms with van der Waals surface area (Å²) in [6.45, 7) is 1.63. The molecule has 0 fully saturated rings. The van der Waals surface area contributed by atoms with Gasteiger partial charge in [-0.25, -0.2) is 0 Å². The molecule has 0 N–H and O–H groups in total. The van der Waals surface area contributed by atoms with Gasteiger partial charge in [-0.3, -0.25) is 0 Å². The Morgan fingerprint density at radius 3 is 2.23 bits per heavy atom. The zero-order chi connectivity index (χ0) is 8.43. The minimum Gasteiger partial charge on any atom is -1.00 e. The summed E-state index contributed by atoms with van der Waals surface area (Å²) in [5, 5.41) is 0. The van der Waals surface area contributed by atoms with Gasteiger partial charge < -0.3 is 12.4 Å². The Morgan fingerprint density at radius 2 is 2.00 bits per heavy atom. The number of carbonyl (C=O) groups excluding carboxylic acids is 1. The molecule has 66 valence electrons. The third kappa shape index (κ3) is 6.02. The van der Waals surface area contributed by atoms with Crippen molar-refractivity contribution in [1.29, 1.82) is 0 Å². The van der Waals surface area contributed by atoms with Crippen molar-refractivity contribution in [2.45, 2.75) is 6.92 Å². The zero-order valence-corrected chi connectivity index (χ0v) is 16.4. The normalized spacial score (nSPS) is 8.23. The second kappa shape index (κ2) is 8.71. The van der Waals surface area contributed by atoms with Crippen LogP contribution >= 0.6 is 47.6 Å². The summed E-state index contributed by atoms with van der Waals surface area (Å²) >= 11 is 5.39. The second-order valence-corrected chi connectivity index (χ2v) is 40.6. The number of ketones is 1. The monoisotopic (exact) mass is 536 g/mol. The molecule has 0 atom stereocenters. The van der Waals surface area contributed by atoms with Gasteiger partial charge >= 0.3 is 117 Å². The molecule has 0 aliphatic rings. The summed E-state index contributed by atoms with van der Waals surface area (Å²) in [7, 11) is 0. The van der Waals surface area contributed by atoms with Crippen molar-refractivity contribution in [3.05, 3.63) is 17.0 Å². The molecule has 0 unspecified atom stereocenters. The van der Waals surface area contributed by atoms with E-state index in [1.807, 2.05) is 6.07 Å². The van der Waals surface area contributed by atoms with Crippen LogP contribution in [0.3, 0.4) is 0 Å². The number of rotatable bonds is 2. The molecule has 0 spiro atoms. The van der Waals surface area contributed by atoms with Crippen LogP contribution in [0.2, 0.25) is 0 Å². The molecule has 1 heterocycles. The van der Waals surface area contributed by atoms with E-state index in [1.54, 1.807) is 18.3 Å². The van der Waals surface area contributed by atoms with Crippen LogP contribution in [-0.2, 0) is 0 Å². The Bertz CT molecular complexity index is 281. The summed E-state index contributed by atoms with van der Waals surface area (Å²) in [5.41, 5.74) is 0. The van der Waals surface area contributed by atoms with Gasteiger partial charge in [0.15, 0.2) is 0 Å². The van der Waals surface area contributed by atoms with Gasteiger partial charge in [-0.2, -0.15) is 0 Å². The van der Waals surface area contributed by atoms with E-state index < -0.39 is 13.1 Å². The Kier molecular flexibility index (Phi) is 12.0. The van der Waals surface area contributed by atoms with Gasteiger partial charge in [0.2, 0.25) is 0 Å². The van der Waals surface area contributed by atoms with Crippen molar-refractivity contribution in [2.75, 3.05) is 0 Å². The number of hydrogen-bond acceptors (Lipinski definition) is 2. The quantitative estimate of drug-likeness (QED) is 0.218. The van der Waals surface area contributed by atoms with Crippen molar-refractivity contribution in [3.63, 3.8) is 0 Å². The number of thiophene rings is 1. The smallest absolute Gasteiger partial charge is 1.00 e. The van der Waals surface area contributed by atoms with E-state index in [0.29, 0.717) is 0 Å². The van der Waals surface area contributed by atoms with E-state index in [-0.39, 0.29) is 37.1 Å². The average molecular weight is 536 g/mol. The maximum Gasteiger partial charge on any atom is 1.00 e. The van der Waals surface area contributed by atoms with Crippen LogP contribution in [0.25, 0.3) is 0 Å². The van der Waals surface area contributed by atoms with Crippen LogP contribution in [-0.4, -0.2) is 18.9 Å². The summed E-state index contributed by atoms with van der Waals surface area (Å²) in [6, 6.07) is 4.06. The molecule has 0 aliphatic carbocycles. The fourth-order valence-corrected chi connectivity index (χ4v) is 11.9. The predicted molar refractivity (Wildman–Crippen MR) is 67.8 cm³/mol. The van der Waals surface area contributed by atoms with Crippen molar-refractivity contribution in [1.82, 2.24) is 0 Å². The van der Waals surface area contributed by atoms with Crippen LogP contribution < -0.4 is 33.9 Å². The SMILES string of the molecule is CC(=O)c1cc[c]([In]([I])[I])s1.[Cl-].[Li+]. The molecular weight excluding hydrogens is 531 g/mol. The van der Waals surface area contributed by atoms with Gasteiger partial charge in [0.1, 0.15) is 0 Å². The first-order valence-corrected chi connectivity index (χ1v) is 24.7. The first-order valence-electron chi connectivity index (χ1n) is 3.00. The molecular formula is C6H5ClI2InLiOS. The van der Waals surface area contributed by atoms with Gasteiger partial charge in [-0.15, -0.1) is 0 Å². The van der Waals surface area contributed by atoms with E-state index in [9.17, 15) is 4.79 Å². The van der Waals surface area contributed by atoms with Crippen molar-refractivity contribution in [3.8, 4) is 0 Å². The molecule has 1 rings (SSSR count). The molecule has 0 amide bonds. The largest absolute Gasteiger partial charge is 1.00 e. The first-order chi connectivity index (χ1) is 5.11. The average Bonchev–Trinajstić information content (AvgIpc) is 2.33. The summed E-state index contributed by atoms with van der Waals surface area (Å²) in [4.78, 5) is 11.8. The molecule has 0 aliphatic heterocycles. The van der Waals surface area contributed by atoms with Crippen molar-refractivity contribution < 1.29 is 36.1 Å². The standard InChI is InChI=1S/C6H5OS.ClH.2HI.In.Li/c1-5(7)6-3-2-4-8-6;;;;;/h2-3H,1H3;3*1H;;/q;;;;+2;+1/p-3. The van der Waals surface area contributed by atoms with Crippen molar-refractivity contribution >= 4 is 69.2 Å². The van der Waals surface area contributed by atoms with Gasteiger partial charge in [0, 0.05) is 0 Å². The predicted octanol–water partition coefficient (Wildman–Crippen LogP) is -3.48. The van der Waals surface area contributed by atoms with E-state index >= 15 is 0 Å². The Balaban J connectivity index is 0. The van der Waals surface area contributed by atoms with E-state index in [2.05, 4.69) is 42.3 Å². The molecule has 1 nitrogen and oxygen atoms in total. The van der Waals surface area contributed by atoms with E-state index in [4.69, 9.17) is 0 Å². The molecule has 0 radical (unpaired) electrons. The molecule has 0 saturated heterocycles. The third-order valence-corrected chi connectivity index (χ3v) is 21.2. The summed E-state index contributed by atoms with van der Waals surface area (Å²) < 4.78 is 1.47. The van der Waals surface area contributed by atoms with Crippen LogP contribution in [0.1, 0.15) is 16.6 Å². The van der Waals surface area contributed by atoms with Gasteiger partial charge in [-0.1, -0.05) is 0 Å². The fraction of sp³-hybridized carbons (Fsp3) is 0.167. The van der Waals surface area contributed by atoms with Crippen LogP contribution in [0.5, 0.6) is 0 Å². The van der Waals surface area contributed by atoms with Crippen LogP contribution in [0, 0.1) is 0 Å². The van der Waals surface area contributed by atoms with Gasteiger partial charge in [-0.05, 0) is 0 Å². The minimum absolute atomic E-state index is 0. The summed E-state index contributed by atoms with van der Waals surface area (Å²) in [6.07, 6.45) is 0. The number of Topliss-reactive ketones (excluding diaryl/α,β-unsaturated/α-hetero) is 1. The molecule has 0 aromatic carbocycles. The Labute approximate surface area is 126 Å². The van der Waals surface area contributed by atoms with Gasteiger partial charge in [0.05, 0.1) is 0 Å². The molecule has 7 heteroatoms. The Morgan fingerprint density at radius 1 is 1.46 bits per heavy atom. The maximum atomic E-state index is 10.9. The molecule has 0 bridgehead atoms. The number of halogens is 3. The van der Waals surface area contributed by atoms with E-state index in [0.717, 1.165) is 4.88 Å². The second-order valence-electron chi connectivity index (χ2n) is 2.06. The Hall–Kier alpha value is 2.59. The third-order valence-electron chi connectivity index (χ3n) is 1.19. The number of carbonyl (C=O) groups is 1. The molecule has 0 saturated carbocycles. The van der Waals surface area contributed by atoms with Crippen LogP contribution in [0.15, 0.2) is 12.1 Å². The number of hydrogen-bond donors (Lipinski definition) is 0. The zero-order valence-electron chi connectivity index (χ0n) is 7.18. The maximum absolute atomic E-state index is 10.9. The molecule has 1 aromatic heterocycles. The van der Waals surface area contributed by atoms with Gasteiger partial charge in [0.25, 0.3) is 0 Å². The van der Waals surface area contributed by atoms with Crippen molar-refractivity contribution in [2.24, 2.45) is 0 Å². The van der Waals surface area contributed by atoms with E-state index in [1.165, 1.54) is 2.63 Å². The summed E-state index contributed by atoms with van der Waals surface area (Å²) in [5.74, 6) is 0.195.